The zero-order valence-corrected chi connectivity index (χ0v) is 21.1. The van der Waals surface area contributed by atoms with Gasteiger partial charge < -0.3 is 0 Å². The molecule has 0 atom stereocenters. The summed E-state index contributed by atoms with van der Waals surface area (Å²) in [6.45, 7) is 2.26. The van der Waals surface area contributed by atoms with Crippen LogP contribution in [0.1, 0.15) is 45.4 Å². The maximum absolute atomic E-state index is 4.60. The molecule has 0 bridgehead atoms. The van der Waals surface area contributed by atoms with Crippen LogP contribution in [0.15, 0.2) is 103 Å². The molecule has 0 radical (unpaired) electrons. The fourth-order valence-electron chi connectivity index (χ4n) is 5.31. The van der Waals surface area contributed by atoms with Crippen molar-refractivity contribution in [2.75, 3.05) is 6.16 Å². The van der Waals surface area contributed by atoms with Crippen molar-refractivity contribution >= 4 is 36.7 Å². The van der Waals surface area contributed by atoms with Crippen molar-refractivity contribution in [1.82, 2.24) is 0 Å². The first-order valence-electron chi connectivity index (χ1n) is 11.7. The number of hydrogen-bond donors (Lipinski definition) is 0. The van der Waals surface area contributed by atoms with Gasteiger partial charge in [0.15, 0.2) is 0 Å². The number of rotatable bonds is 7. The summed E-state index contributed by atoms with van der Waals surface area (Å²) >= 11 is 4.60. The predicted octanol–water partition coefficient (Wildman–Crippen LogP) is 7.74. The summed E-state index contributed by atoms with van der Waals surface area (Å²) < 4.78 is 0. The van der Waals surface area contributed by atoms with E-state index in [-0.39, 0.29) is 0 Å². The topological polar surface area (TPSA) is 0 Å². The molecule has 1 fully saturated rings. The third kappa shape index (κ3) is 4.46. The Morgan fingerprint density at radius 3 is 1.55 bits per heavy atom. The molecular formula is C29H34BrP. The van der Waals surface area contributed by atoms with Crippen molar-refractivity contribution in [2.24, 2.45) is 5.92 Å². The van der Waals surface area contributed by atoms with Crippen molar-refractivity contribution in [1.29, 1.82) is 0 Å². The van der Waals surface area contributed by atoms with Gasteiger partial charge in [-0.15, -0.1) is 0 Å². The molecule has 0 nitrogen and oxygen atoms in total. The van der Waals surface area contributed by atoms with Gasteiger partial charge in [0.2, 0.25) is 0 Å². The molecule has 3 aromatic rings. The molecule has 1 saturated carbocycles. The Morgan fingerprint density at radius 1 is 0.742 bits per heavy atom. The zero-order chi connectivity index (χ0) is 21.6. The second kappa shape index (κ2) is 9.85. The number of allylic oxidation sites excluding steroid dienone is 2. The molecule has 3 aromatic carbocycles. The van der Waals surface area contributed by atoms with Crippen LogP contribution >= 0.6 is 20.8 Å². The monoisotopic (exact) mass is 492 g/mol. The van der Waals surface area contributed by atoms with E-state index in [0.29, 0.717) is 0 Å². The number of benzene rings is 3. The third-order valence-electron chi connectivity index (χ3n) is 7.08. The summed E-state index contributed by atoms with van der Waals surface area (Å²) in [6.07, 6.45) is 11.3. The predicted molar refractivity (Wildman–Crippen MR) is 144 cm³/mol. The van der Waals surface area contributed by atoms with Gasteiger partial charge in [-0.25, -0.2) is 0 Å². The van der Waals surface area contributed by atoms with Crippen LogP contribution in [0.5, 0.6) is 0 Å². The Balaban J connectivity index is 1.77. The normalized spacial score (nSPS) is 18.2. The van der Waals surface area contributed by atoms with Gasteiger partial charge in [0.1, 0.15) is 0 Å². The molecule has 0 heterocycles. The van der Waals surface area contributed by atoms with Crippen LogP contribution < -0.4 is 15.9 Å². The van der Waals surface area contributed by atoms with Crippen LogP contribution in [0.4, 0.5) is 0 Å². The molecule has 0 aliphatic heterocycles. The molecule has 0 spiro atoms. The Bertz CT molecular complexity index is 885. The Kier molecular flexibility index (Phi) is 7.15. The summed E-state index contributed by atoms with van der Waals surface area (Å²) in [6, 6.07) is 33.7. The first kappa shape index (κ1) is 22.5. The Hall–Kier alpha value is -1.69. The van der Waals surface area contributed by atoms with Crippen LogP contribution in [0.3, 0.4) is 0 Å². The fourth-order valence-corrected chi connectivity index (χ4v) is 12.9. The molecule has 0 saturated heterocycles. The first-order valence-corrected chi connectivity index (χ1v) is 16.2. The minimum atomic E-state index is -2.76. The van der Waals surface area contributed by atoms with E-state index in [0.717, 1.165) is 5.92 Å². The molecule has 0 amide bonds. The molecule has 0 N–H and O–H groups in total. The second-order valence-corrected chi connectivity index (χ2v) is 18.0. The van der Waals surface area contributed by atoms with E-state index < -0.39 is 5.31 Å². The SMILES string of the molecule is CCC=C1CCC(CCP(Br)(c2ccccc2)(c2ccccc2)c2ccccc2)CC1. The first-order chi connectivity index (χ1) is 15.1. The van der Waals surface area contributed by atoms with Gasteiger partial charge in [-0.2, -0.15) is 0 Å². The molecule has 1 aliphatic carbocycles. The van der Waals surface area contributed by atoms with Crippen molar-refractivity contribution in [3.05, 3.63) is 103 Å². The summed E-state index contributed by atoms with van der Waals surface area (Å²) in [4.78, 5) is 0. The molecule has 1 aliphatic rings. The third-order valence-corrected chi connectivity index (χ3v) is 17.1. The van der Waals surface area contributed by atoms with Crippen LogP contribution in [-0.2, 0) is 0 Å². The minimum absolute atomic E-state index is 0.809. The van der Waals surface area contributed by atoms with Crippen molar-refractivity contribution < 1.29 is 0 Å². The molecule has 0 unspecified atom stereocenters. The van der Waals surface area contributed by atoms with Crippen LogP contribution in [0, 0.1) is 5.92 Å². The van der Waals surface area contributed by atoms with Gasteiger partial charge in [0, 0.05) is 0 Å². The molecular weight excluding hydrogens is 459 g/mol. The summed E-state index contributed by atoms with van der Waals surface area (Å²) in [5.41, 5.74) is 1.68. The van der Waals surface area contributed by atoms with Gasteiger partial charge in [-0.3, -0.25) is 0 Å². The van der Waals surface area contributed by atoms with Crippen LogP contribution in [-0.4, -0.2) is 6.16 Å². The van der Waals surface area contributed by atoms with Crippen molar-refractivity contribution in [3.8, 4) is 0 Å². The molecule has 2 heteroatoms. The second-order valence-electron chi connectivity index (χ2n) is 8.92. The molecule has 31 heavy (non-hydrogen) atoms. The van der Waals surface area contributed by atoms with E-state index in [2.05, 4.69) is 119 Å². The van der Waals surface area contributed by atoms with Gasteiger partial charge in [-0.05, 0) is 0 Å². The van der Waals surface area contributed by atoms with Gasteiger partial charge in [0.25, 0.3) is 0 Å². The Morgan fingerprint density at radius 2 is 1.16 bits per heavy atom. The molecule has 0 aromatic heterocycles. The maximum atomic E-state index is 4.60. The fraction of sp³-hybridized carbons (Fsp3) is 0.310. The van der Waals surface area contributed by atoms with E-state index in [1.165, 1.54) is 60.6 Å². The summed E-state index contributed by atoms with van der Waals surface area (Å²) in [5, 5.41) is 1.56. The van der Waals surface area contributed by atoms with Gasteiger partial charge >= 0.3 is 197 Å². The standard InChI is InChI=1S/C29H34BrP/c1-2-12-25-19-21-26(22-20-25)23-24-31(30,27-13-6-3-7-14-27,28-15-8-4-9-16-28)29-17-10-5-11-18-29/h3-18,26H,2,19-24H2,1H3. The van der Waals surface area contributed by atoms with Crippen molar-refractivity contribution in [3.63, 3.8) is 0 Å². The van der Waals surface area contributed by atoms with Crippen LogP contribution in [0.2, 0.25) is 0 Å². The van der Waals surface area contributed by atoms with E-state index in [4.69, 9.17) is 0 Å². The summed E-state index contributed by atoms with van der Waals surface area (Å²) in [5.74, 6) is 0.809. The quantitative estimate of drug-likeness (QED) is 0.233. The number of hydrogen-bond acceptors (Lipinski definition) is 0. The molecule has 162 valence electrons. The van der Waals surface area contributed by atoms with Gasteiger partial charge in [0.05, 0.1) is 0 Å². The number of halogens is 1. The van der Waals surface area contributed by atoms with Crippen molar-refractivity contribution in [2.45, 2.75) is 45.4 Å². The van der Waals surface area contributed by atoms with Crippen LogP contribution in [0.25, 0.3) is 0 Å². The van der Waals surface area contributed by atoms with E-state index in [1.807, 2.05) is 0 Å². The van der Waals surface area contributed by atoms with E-state index in [9.17, 15) is 0 Å². The Labute approximate surface area is 196 Å². The van der Waals surface area contributed by atoms with Gasteiger partial charge in [-0.1, -0.05) is 0 Å². The zero-order valence-electron chi connectivity index (χ0n) is 18.6. The average Bonchev–Trinajstić information content (AvgIpc) is 2.85. The molecule has 4 rings (SSSR count). The summed E-state index contributed by atoms with van der Waals surface area (Å²) in [7, 11) is 0. The van der Waals surface area contributed by atoms with E-state index >= 15 is 0 Å². The average molecular weight is 493 g/mol. The van der Waals surface area contributed by atoms with E-state index in [1.54, 1.807) is 5.57 Å².